The maximum absolute atomic E-state index is 11.9. The zero-order valence-corrected chi connectivity index (χ0v) is 15.6. The van der Waals surface area contributed by atoms with Crippen LogP contribution < -0.4 is 20.5 Å². The quantitative estimate of drug-likeness (QED) is 0.386. The number of nitrogens with two attached hydrogens (primary N) is 1. The van der Waals surface area contributed by atoms with Crippen molar-refractivity contribution >= 4 is 29.2 Å². The van der Waals surface area contributed by atoms with Crippen molar-refractivity contribution in [3.8, 4) is 11.5 Å². The fourth-order valence-corrected chi connectivity index (χ4v) is 2.30. The van der Waals surface area contributed by atoms with Gasteiger partial charge in [-0.3, -0.25) is 4.79 Å². The molecule has 0 aliphatic heterocycles. The second-order valence-electron chi connectivity index (χ2n) is 5.41. The summed E-state index contributed by atoms with van der Waals surface area (Å²) in [5.41, 5.74) is 6.04. The number of carbonyl (C=O) groups is 2. The Bertz CT molecular complexity index is 780. The zero-order valence-electron chi connectivity index (χ0n) is 14.9. The maximum Gasteiger partial charge on any atom is 0.340 e. The Kier molecular flexibility index (Phi) is 7.76. The molecule has 144 valence electrons. The molecule has 7 nitrogen and oxygen atoms in total. The van der Waals surface area contributed by atoms with Crippen LogP contribution in [0.25, 0.3) is 0 Å². The lowest BCUT2D eigenvalue weighted by Crippen LogP contribution is -2.32. The molecule has 0 aliphatic carbocycles. The van der Waals surface area contributed by atoms with Gasteiger partial charge < -0.3 is 25.3 Å². The second-order valence-corrected chi connectivity index (χ2v) is 5.85. The third kappa shape index (κ3) is 6.71. The summed E-state index contributed by atoms with van der Waals surface area (Å²) in [5, 5.41) is 2.95. The van der Waals surface area contributed by atoms with E-state index in [1.165, 1.54) is 12.1 Å². The van der Waals surface area contributed by atoms with Gasteiger partial charge in [0, 0.05) is 10.7 Å². The van der Waals surface area contributed by atoms with Crippen molar-refractivity contribution < 1.29 is 23.8 Å². The lowest BCUT2D eigenvalue weighted by Gasteiger charge is -2.10. The van der Waals surface area contributed by atoms with Gasteiger partial charge >= 0.3 is 5.97 Å². The number of amides is 1. The highest BCUT2D eigenvalue weighted by atomic mass is 35.5. The zero-order chi connectivity index (χ0) is 19.6. The lowest BCUT2D eigenvalue weighted by atomic mass is 10.2. The van der Waals surface area contributed by atoms with Crippen molar-refractivity contribution in [2.75, 3.05) is 32.1 Å². The molecule has 0 heterocycles. The van der Waals surface area contributed by atoms with Gasteiger partial charge in [-0.05, 0) is 49.4 Å². The standard InChI is InChI=1S/C19H21ClN2O5/c1-2-25-14-4-6-15(7-5-14)26-10-9-22-18(23)12-27-19(24)16-11-13(20)3-8-17(16)21/h3-8,11H,2,9-10,12,21H2,1H3,(H,22,23). The van der Waals surface area contributed by atoms with Crippen LogP contribution in [-0.4, -0.2) is 38.2 Å². The number of esters is 1. The summed E-state index contributed by atoms with van der Waals surface area (Å²) >= 11 is 5.82. The monoisotopic (exact) mass is 392 g/mol. The van der Waals surface area contributed by atoms with Crippen LogP contribution in [-0.2, 0) is 9.53 Å². The molecule has 0 aliphatic rings. The van der Waals surface area contributed by atoms with Gasteiger partial charge in [0.05, 0.1) is 18.7 Å². The number of halogens is 1. The number of hydrogen-bond acceptors (Lipinski definition) is 6. The normalized spacial score (nSPS) is 10.1. The minimum absolute atomic E-state index is 0.120. The molecule has 0 spiro atoms. The number of rotatable bonds is 9. The van der Waals surface area contributed by atoms with Gasteiger partial charge in [-0.1, -0.05) is 11.6 Å². The topological polar surface area (TPSA) is 99.9 Å². The molecule has 0 saturated carbocycles. The van der Waals surface area contributed by atoms with E-state index in [-0.39, 0.29) is 24.4 Å². The van der Waals surface area contributed by atoms with E-state index >= 15 is 0 Å². The summed E-state index contributed by atoms with van der Waals surface area (Å²) in [6, 6.07) is 11.6. The van der Waals surface area contributed by atoms with E-state index in [9.17, 15) is 9.59 Å². The summed E-state index contributed by atoms with van der Waals surface area (Å²) < 4.78 is 15.8. The number of nitrogen functional groups attached to an aromatic ring is 1. The first kappa shape index (κ1) is 20.4. The molecule has 1 amide bonds. The summed E-state index contributed by atoms with van der Waals surface area (Å²) in [6.45, 7) is 2.63. The van der Waals surface area contributed by atoms with Crippen molar-refractivity contribution in [1.82, 2.24) is 5.32 Å². The number of carbonyl (C=O) groups excluding carboxylic acids is 2. The van der Waals surface area contributed by atoms with Crippen LogP contribution in [0.4, 0.5) is 5.69 Å². The Morgan fingerprint density at radius 2 is 1.74 bits per heavy atom. The van der Waals surface area contributed by atoms with Crippen LogP contribution in [0, 0.1) is 0 Å². The van der Waals surface area contributed by atoms with Gasteiger partial charge in [0.2, 0.25) is 0 Å². The molecular formula is C19H21ClN2O5. The van der Waals surface area contributed by atoms with E-state index in [1.54, 1.807) is 30.3 Å². The minimum Gasteiger partial charge on any atom is -0.494 e. The van der Waals surface area contributed by atoms with Crippen molar-refractivity contribution in [1.29, 1.82) is 0 Å². The van der Waals surface area contributed by atoms with E-state index in [1.807, 2.05) is 6.92 Å². The molecular weight excluding hydrogens is 372 g/mol. The minimum atomic E-state index is -0.712. The van der Waals surface area contributed by atoms with E-state index in [2.05, 4.69) is 5.32 Å². The largest absolute Gasteiger partial charge is 0.494 e. The van der Waals surface area contributed by atoms with Gasteiger partial charge in [-0.15, -0.1) is 0 Å². The molecule has 8 heteroatoms. The summed E-state index contributed by atoms with van der Waals surface area (Å²) in [4.78, 5) is 23.7. The number of nitrogens with one attached hydrogen (secondary N) is 1. The summed E-state index contributed by atoms with van der Waals surface area (Å²) in [7, 11) is 0. The highest BCUT2D eigenvalue weighted by molar-refractivity contribution is 6.31. The Balaban J connectivity index is 1.67. The molecule has 0 radical (unpaired) electrons. The Hall–Kier alpha value is -2.93. The van der Waals surface area contributed by atoms with E-state index in [0.29, 0.717) is 17.4 Å². The highest BCUT2D eigenvalue weighted by Crippen LogP contribution is 2.19. The average Bonchev–Trinajstić information content (AvgIpc) is 2.66. The predicted molar refractivity (Wildman–Crippen MR) is 102 cm³/mol. The number of hydrogen-bond donors (Lipinski definition) is 2. The van der Waals surface area contributed by atoms with Gasteiger partial charge in [0.15, 0.2) is 6.61 Å². The Labute approximate surface area is 162 Å². The maximum atomic E-state index is 11.9. The van der Waals surface area contributed by atoms with E-state index in [0.717, 1.165) is 5.75 Å². The molecule has 2 rings (SSSR count). The van der Waals surface area contributed by atoms with Gasteiger partial charge in [-0.25, -0.2) is 4.79 Å². The molecule has 2 aromatic rings. The van der Waals surface area contributed by atoms with Crippen LogP contribution in [0.3, 0.4) is 0 Å². The first-order valence-electron chi connectivity index (χ1n) is 8.34. The second kappa shape index (κ2) is 10.3. The van der Waals surface area contributed by atoms with E-state index in [4.69, 9.17) is 31.5 Å². The number of anilines is 1. The molecule has 27 heavy (non-hydrogen) atoms. The summed E-state index contributed by atoms with van der Waals surface area (Å²) in [6.07, 6.45) is 0. The van der Waals surface area contributed by atoms with Crippen LogP contribution in [0.15, 0.2) is 42.5 Å². The fraction of sp³-hybridized carbons (Fsp3) is 0.263. The SMILES string of the molecule is CCOc1ccc(OCCNC(=O)COC(=O)c2cc(Cl)ccc2N)cc1. The van der Waals surface area contributed by atoms with Crippen molar-refractivity contribution in [3.05, 3.63) is 53.1 Å². The molecule has 0 bridgehead atoms. The number of ether oxygens (including phenoxy) is 3. The highest BCUT2D eigenvalue weighted by Gasteiger charge is 2.13. The van der Waals surface area contributed by atoms with Crippen molar-refractivity contribution in [2.45, 2.75) is 6.92 Å². The molecule has 2 aromatic carbocycles. The van der Waals surface area contributed by atoms with Crippen LogP contribution >= 0.6 is 11.6 Å². The summed E-state index contributed by atoms with van der Waals surface area (Å²) in [5.74, 6) is 0.269. The van der Waals surface area contributed by atoms with Gasteiger partial charge in [0.1, 0.15) is 18.1 Å². The third-order valence-electron chi connectivity index (χ3n) is 3.40. The van der Waals surface area contributed by atoms with Gasteiger partial charge in [0.25, 0.3) is 5.91 Å². The fourth-order valence-electron chi connectivity index (χ4n) is 2.12. The van der Waals surface area contributed by atoms with Gasteiger partial charge in [-0.2, -0.15) is 0 Å². The lowest BCUT2D eigenvalue weighted by molar-refractivity contribution is -0.124. The first-order chi connectivity index (χ1) is 13.0. The van der Waals surface area contributed by atoms with Crippen molar-refractivity contribution in [2.24, 2.45) is 0 Å². The molecule has 0 unspecified atom stereocenters. The van der Waals surface area contributed by atoms with Crippen LogP contribution in [0.1, 0.15) is 17.3 Å². The molecule has 0 aromatic heterocycles. The molecule has 0 saturated heterocycles. The Morgan fingerprint density at radius 3 is 2.41 bits per heavy atom. The Morgan fingerprint density at radius 1 is 1.07 bits per heavy atom. The van der Waals surface area contributed by atoms with Crippen LogP contribution in [0.5, 0.6) is 11.5 Å². The van der Waals surface area contributed by atoms with E-state index < -0.39 is 18.5 Å². The molecule has 0 fully saturated rings. The third-order valence-corrected chi connectivity index (χ3v) is 3.63. The molecule has 3 N–H and O–H groups in total. The molecule has 0 atom stereocenters. The average molecular weight is 393 g/mol. The number of benzene rings is 2. The van der Waals surface area contributed by atoms with Crippen molar-refractivity contribution in [3.63, 3.8) is 0 Å². The van der Waals surface area contributed by atoms with Crippen LogP contribution in [0.2, 0.25) is 5.02 Å². The predicted octanol–water partition coefficient (Wildman–Crippen LogP) is 2.67. The smallest absolute Gasteiger partial charge is 0.340 e. The first-order valence-corrected chi connectivity index (χ1v) is 8.72.